The van der Waals surface area contributed by atoms with Crippen molar-refractivity contribution in [3.63, 3.8) is 0 Å². The Kier molecular flexibility index (Phi) is 3.20. The molecule has 3 heteroatoms. The van der Waals surface area contributed by atoms with Crippen molar-refractivity contribution < 1.29 is 0 Å². The van der Waals surface area contributed by atoms with Crippen LogP contribution in [0.15, 0.2) is 36.4 Å². The maximum Gasteiger partial charge on any atom is 0.226 e. The first kappa shape index (κ1) is 12.2. The van der Waals surface area contributed by atoms with Crippen LogP contribution in [0.4, 0.5) is 5.95 Å². The van der Waals surface area contributed by atoms with E-state index in [1.165, 1.54) is 18.4 Å². The van der Waals surface area contributed by atoms with Crippen molar-refractivity contribution in [1.29, 1.82) is 0 Å². The fraction of sp³-hybridized carbons (Fsp3) is 0.375. The third kappa shape index (κ3) is 2.46. The molecule has 1 saturated heterocycles. The number of aryl methyl sites for hydroxylation is 2. The highest BCUT2D eigenvalue weighted by Gasteiger charge is 2.27. The predicted molar refractivity (Wildman–Crippen MR) is 77.3 cm³/mol. The largest absolute Gasteiger partial charge is 0.334 e. The van der Waals surface area contributed by atoms with Gasteiger partial charge in [-0.1, -0.05) is 30.3 Å². The van der Waals surface area contributed by atoms with Gasteiger partial charge in [0.05, 0.1) is 6.04 Å². The normalized spacial score (nSPS) is 18.8. The lowest BCUT2D eigenvalue weighted by Gasteiger charge is -2.25. The molecule has 1 aliphatic rings. The lowest BCUT2D eigenvalue weighted by Crippen LogP contribution is -2.25. The Hall–Kier alpha value is -1.90. The summed E-state index contributed by atoms with van der Waals surface area (Å²) in [6.07, 6.45) is 2.39. The summed E-state index contributed by atoms with van der Waals surface area (Å²) in [4.78, 5) is 11.6. The standard InChI is InChI=1S/C16H19N3/c1-12-11-13(2)18-16(17-12)19-10-6-9-15(19)14-7-4-3-5-8-14/h3-5,7-8,11,15H,6,9-10H2,1-2H3/t15-/m0/s1. The topological polar surface area (TPSA) is 29.0 Å². The summed E-state index contributed by atoms with van der Waals surface area (Å²) in [5.74, 6) is 0.879. The van der Waals surface area contributed by atoms with E-state index in [0.29, 0.717) is 6.04 Å². The van der Waals surface area contributed by atoms with Gasteiger partial charge in [0.1, 0.15) is 0 Å². The smallest absolute Gasteiger partial charge is 0.226 e. The SMILES string of the molecule is Cc1cc(C)nc(N2CCC[C@H]2c2ccccc2)n1. The van der Waals surface area contributed by atoms with E-state index in [9.17, 15) is 0 Å². The molecule has 2 heterocycles. The first-order valence-electron chi connectivity index (χ1n) is 6.88. The van der Waals surface area contributed by atoms with Crippen LogP contribution in [0, 0.1) is 13.8 Å². The average molecular weight is 253 g/mol. The molecule has 3 nitrogen and oxygen atoms in total. The third-order valence-electron chi connectivity index (χ3n) is 3.66. The van der Waals surface area contributed by atoms with Gasteiger partial charge in [0.25, 0.3) is 0 Å². The lowest BCUT2D eigenvalue weighted by atomic mass is 10.1. The monoisotopic (exact) mass is 253 g/mol. The van der Waals surface area contributed by atoms with Gasteiger partial charge in [-0.25, -0.2) is 9.97 Å². The van der Waals surface area contributed by atoms with Crippen molar-refractivity contribution in [2.24, 2.45) is 0 Å². The van der Waals surface area contributed by atoms with Crippen molar-refractivity contribution in [3.8, 4) is 0 Å². The first-order valence-corrected chi connectivity index (χ1v) is 6.88. The molecule has 1 aromatic heterocycles. The van der Waals surface area contributed by atoms with Crippen LogP contribution in [0.1, 0.15) is 35.8 Å². The number of hydrogen-bond donors (Lipinski definition) is 0. The van der Waals surface area contributed by atoms with Crippen LogP contribution in [-0.4, -0.2) is 16.5 Å². The zero-order valence-electron chi connectivity index (χ0n) is 11.5. The summed E-state index contributed by atoms with van der Waals surface area (Å²) >= 11 is 0. The molecule has 1 aliphatic heterocycles. The lowest BCUT2D eigenvalue weighted by molar-refractivity contribution is 0.699. The highest BCUT2D eigenvalue weighted by molar-refractivity contribution is 5.39. The summed E-state index contributed by atoms with van der Waals surface area (Å²) < 4.78 is 0. The van der Waals surface area contributed by atoms with Gasteiger partial charge in [-0.05, 0) is 38.3 Å². The van der Waals surface area contributed by atoms with Crippen molar-refractivity contribution in [1.82, 2.24) is 9.97 Å². The molecule has 0 spiro atoms. The number of aromatic nitrogens is 2. The Morgan fingerprint density at radius 1 is 1.05 bits per heavy atom. The van der Waals surface area contributed by atoms with Crippen LogP contribution in [0.25, 0.3) is 0 Å². The van der Waals surface area contributed by atoms with Crippen molar-refractivity contribution >= 4 is 5.95 Å². The minimum Gasteiger partial charge on any atom is -0.334 e. The molecule has 0 amide bonds. The Bertz CT molecular complexity index is 545. The van der Waals surface area contributed by atoms with Crippen molar-refractivity contribution in [2.45, 2.75) is 32.7 Å². The maximum atomic E-state index is 4.61. The van der Waals surface area contributed by atoms with E-state index in [0.717, 1.165) is 23.9 Å². The number of anilines is 1. The average Bonchev–Trinajstić information content (AvgIpc) is 2.88. The number of benzene rings is 1. The third-order valence-corrected chi connectivity index (χ3v) is 3.66. The molecule has 0 saturated carbocycles. The maximum absolute atomic E-state index is 4.61. The molecule has 2 aromatic rings. The molecule has 1 atom stereocenters. The molecule has 0 bridgehead atoms. The van der Waals surface area contributed by atoms with E-state index in [2.05, 4.69) is 45.2 Å². The van der Waals surface area contributed by atoms with Crippen LogP contribution in [0.3, 0.4) is 0 Å². The van der Waals surface area contributed by atoms with Gasteiger partial charge in [0, 0.05) is 17.9 Å². The molecule has 0 N–H and O–H groups in total. The molecular weight excluding hydrogens is 234 g/mol. The van der Waals surface area contributed by atoms with Gasteiger partial charge in [0.2, 0.25) is 5.95 Å². The molecule has 98 valence electrons. The number of hydrogen-bond acceptors (Lipinski definition) is 3. The van der Waals surface area contributed by atoms with E-state index in [1.54, 1.807) is 0 Å². The molecule has 0 radical (unpaired) electrons. The highest BCUT2D eigenvalue weighted by atomic mass is 15.3. The van der Waals surface area contributed by atoms with Gasteiger partial charge in [-0.3, -0.25) is 0 Å². The summed E-state index contributed by atoms with van der Waals surface area (Å²) in [5.41, 5.74) is 3.45. The second-order valence-electron chi connectivity index (χ2n) is 5.21. The fourth-order valence-corrected chi connectivity index (χ4v) is 2.86. The minimum atomic E-state index is 0.419. The second kappa shape index (κ2) is 5.00. The van der Waals surface area contributed by atoms with Crippen LogP contribution in [0.2, 0.25) is 0 Å². The summed E-state index contributed by atoms with van der Waals surface area (Å²) in [6.45, 7) is 5.11. The van der Waals surface area contributed by atoms with Gasteiger partial charge in [-0.15, -0.1) is 0 Å². The van der Waals surface area contributed by atoms with E-state index in [1.807, 2.05) is 19.9 Å². The molecule has 0 aliphatic carbocycles. The fourth-order valence-electron chi connectivity index (χ4n) is 2.86. The van der Waals surface area contributed by atoms with Gasteiger partial charge < -0.3 is 4.90 Å². The molecule has 0 unspecified atom stereocenters. The Balaban J connectivity index is 1.95. The summed E-state index contributed by atoms with van der Waals surface area (Å²) in [7, 11) is 0. The predicted octanol–water partition coefficient (Wildman–Crippen LogP) is 3.43. The molecule has 1 aromatic carbocycles. The van der Waals surface area contributed by atoms with Crippen LogP contribution >= 0.6 is 0 Å². The molecule has 1 fully saturated rings. The van der Waals surface area contributed by atoms with Gasteiger partial charge in [0.15, 0.2) is 0 Å². The first-order chi connectivity index (χ1) is 9.24. The zero-order chi connectivity index (χ0) is 13.2. The van der Waals surface area contributed by atoms with Gasteiger partial charge >= 0.3 is 0 Å². The molecular formula is C16H19N3. The second-order valence-corrected chi connectivity index (χ2v) is 5.21. The van der Waals surface area contributed by atoms with E-state index in [-0.39, 0.29) is 0 Å². The van der Waals surface area contributed by atoms with E-state index >= 15 is 0 Å². The summed E-state index contributed by atoms with van der Waals surface area (Å²) in [6, 6.07) is 13.1. The Labute approximate surface area is 114 Å². The molecule has 19 heavy (non-hydrogen) atoms. The Morgan fingerprint density at radius 2 is 1.74 bits per heavy atom. The number of rotatable bonds is 2. The highest BCUT2D eigenvalue weighted by Crippen LogP contribution is 2.34. The van der Waals surface area contributed by atoms with Gasteiger partial charge in [-0.2, -0.15) is 0 Å². The van der Waals surface area contributed by atoms with Crippen LogP contribution in [0.5, 0.6) is 0 Å². The van der Waals surface area contributed by atoms with Crippen molar-refractivity contribution in [3.05, 3.63) is 53.3 Å². The minimum absolute atomic E-state index is 0.419. The van der Waals surface area contributed by atoms with E-state index < -0.39 is 0 Å². The van der Waals surface area contributed by atoms with Crippen LogP contribution < -0.4 is 4.90 Å². The van der Waals surface area contributed by atoms with Crippen molar-refractivity contribution in [2.75, 3.05) is 11.4 Å². The van der Waals surface area contributed by atoms with Crippen LogP contribution in [-0.2, 0) is 0 Å². The number of nitrogens with zero attached hydrogens (tertiary/aromatic N) is 3. The molecule has 3 rings (SSSR count). The summed E-state index contributed by atoms with van der Waals surface area (Å²) in [5, 5.41) is 0. The zero-order valence-corrected chi connectivity index (χ0v) is 11.5. The quantitative estimate of drug-likeness (QED) is 0.821. The Morgan fingerprint density at radius 3 is 2.42 bits per heavy atom. The van der Waals surface area contributed by atoms with E-state index in [4.69, 9.17) is 0 Å².